The second kappa shape index (κ2) is 8.14. The maximum Gasteiger partial charge on any atom is 0.278 e. The first-order chi connectivity index (χ1) is 14.4. The SMILES string of the molecule is COc1cc(Cl)c(C)cc1NC(=O)Cn1c(C)cc2nc3n(c(=O)c21)CCCCC3. The molecule has 3 heterocycles. The number of carbonyl (C=O) groups is 1. The number of amides is 1. The summed E-state index contributed by atoms with van der Waals surface area (Å²) >= 11 is 6.15. The van der Waals surface area contributed by atoms with Gasteiger partial charge in [-0.1, -0.05) is 18.0 Å². The van der Waals surface area contributed by atoms with Gasteiger partial charge in [0, 0.05) is 29.7 Å². The zero-order valence-corrected chi connectivity index (χ0v) is 18.2. The fraction of sp³-hybridized carbons (Fsp3) is 0.409. The smallest absolute Gasteiger partial charge is 0.278 e. The molecule has 0 unspecified atom stereocenters. The summed E-state index contributed by atoms with van der Waals surface area (Å²) in [7, 11) is 1.53. The molecule has 0 saturated heterocycles. The second-order valence-corrected chi connectivity index (χ2v) is 8.16. The van der Waals surface area contributed by atoms with Gasteiger partial charge in [0.15, 0.2) is 0 Å². The van der Waals surface area contributed by atoms with Crippen LogP contribution in [0.4, 0.5) is 5.69 Å². The molecule has 2 aromatic heterocycles. The number of nitrogens with one attached hydrogen (secondary N) is 1. The van der Waals surface area contributed by atoms with Gasteiger partial charge in [0.1, 0.15) is 23.6 Å². The molecule has 0 radical (unpaired) electrons. The monoisotopic (exact) mass is 428 g/mol. The molecule has 3 aromatic rings. The molecule has 1 aliphatic rings. The average Bonchev–Trinajstić information content (AvgIpc) is 2.87. The maximum atomic E-state index is 13.2. The molecule has 4 rings (SSSR count). The summed E-state index contributed by atoms with van der Waals surface area (Å²) in [5.74, 6) is 1.07. The van der Waals surface area contributed by atoms with Crippen molar-refractivity contribution in [1.82, 2.24) is 14.1 Å². The largest absolute Gasteiger partial charge is 0.495 e. The van der Waals surface area contributed by atoms with E-state index in [0.29, 0.717) is 34.0 Å². The molecule has 0 aliphatic carbocycles. The van der Waals surface area contributed by atoms with Gasteiger partial charge in [0.05, 0.1) is 18.3 Å². The number of halogens is 1. The van der Waals surface area contributed by atoms with Crippen molar-refractivity contribution in [1.29, 1.82) is 0 Å². The molecule has 158 valence electrons. The molecular formula is C22H25ClN4O3. The van der Waals surface area contributed by atoms with Gasteiger partial charge < -0.3 is 14.6 Å². The van der Waals surface area contributed by atoms with Crippen molar-refractivity contribution < 1.29 is 9.53 Å². The number of anilines is 1. The van der Waals surface area contributed by atoms with Crippen LogP contribution >= 0.6 is 11.6 Å². The molecule has 1 amide bonds. The van der Waals surface area contributed by atoms with E-state index < -0.39 is 0 Å². The average molecular weight is 429 g/mol. The molecule has 1 N–H and O–H groups in total. The van der Waals surface area contributed by atoms with Gasteiger partial charge in [0.2, 0.25) is 5.91 Å². The van der Waals surface area contributed by atoms with Gasteiger partial charge >= 0.3 is 0 Å². The van der Waals surface area contributed by atoms with Crippen LogP contribution in [0.3, 0.4) is 0 Å². The first-order valence-electron chi connectivity index (χ1n) is 10.1. The summed E-state index contributed by atoms with van der Waals surface area (Å²) in [5.41, 5.74) is 3.26. The molecular weight excluding hydrogens is 404 g/mol. The standard InChI is InChI=1S/C22H25ClN4O3/c1-13-9-16(18(30-3)11-15(13)23)25-20(28)12-27-14(2)10-17-21(27)22(29)26-8-6-4-5-7-19(26)24-17/h9-11H,4-8,12H2,1-3H3,(H,25,28). The first kappa shape index (κ1) is 20.5. The van der Waals surface area contributed by atoms with Crippen molar-refractivity contribution in [2.45, 2.75) is 52.6 Å². The Bertz CT molecular complexity index is 1200. The lowest BCUT2D eigenvalue weighted by atomic mass is 10.2. The number of carbonyl (C=O) groups excluding carboxylic acids is 1. The Morgan fingerprint density at radius 2 is 2.03 bits per heavy atom. The fourth-order valence-corrected chi connectivity index (χ4v) is 4.19. The molecule has 0 atom stereocenters. The predicted molar refractivity (Wildman–Crippen MR) is 118 cm³/mol. The summed E-state index contributed by atoms with van der Waals surface area (Å²) in [6, 6.07) is 5.33. The number of rotatable bonds is 4. The summed E-state index contributed by atoms with van der Waals surface area (Å²) in [4.78, 5) is 30.8. The van der Waals surface area contributed by atoms with Crippen LogP contribution in [0.2, 0.25) is 5.02 Å². The van der Waals surface area contributed by atoms with Crippen LogP contribution in [-0.4, -0.2) is 27.1 Å². The van der Waals surface area contributed by atoms with E-state index in [9.17, 15) is 9.59 Å². The number of hydrogen-bond acceptors (Lipinski definition) is 4. The van der Waals surface area contributed by atoms with E-state index >= 15 is 0 Å². The van der Waals surface area contributed by atoms with Gasteiger partial charge in [0.25, 0.3) is 5.56 Å². The Balaban J connectivity index is 1.68. The number of benzene rings is 1. The van der Waals surface area contributed by atoms with Crippen molar-refractivity contribution in [3.05, 3.63) is 50.7 Å². The Hall–Kier alpha value is -2.80. The summed E-state index contributed by atoms with van der Waals surface area (Å²) in [6.45, 7) is 4.43. The van der Waals surface area contributed by atoms with Crippen LogP contribution in [0.15, 0.2) is 23.0 Å². The fourth-order valence-electron chi connectivity index (χ4n) is 4.03. The minimum Gasteiger partial charge on any atom is -0.495 e. The zero-order valence-electron chi connectivity index (χ0n) is 17.4. The van der Waals surface area contributed by atoms with E-state index in [0.717, 1.165) is 42.8 Å². The third kappa shape index (κ3) is 3.69. The number of methoxy groups -OCH3 is 1. The highest BCUT2D eigenvalue weighted by Crippen LogP contribution is 2.31. The van der Waals surface area contributed by atoms with Crippen molar-refractivity contribution in [2.24, 2.45) is 0 Å². The maximum absolute atomic E-state index is 13.2. The molecule has 1 aromatic carbocycles. The number of aromatic nitrogens is 3. The minimum atomic E-state index is -0.255. The highest BCUT2D eigenvalue weighted by atomic mass is 35.5. The van der Waals surface area contributed by atoms with Crippen LogP contribution in [0.25, 0.3) is 11.0 Å². The lowest BCUT2D eigenvalue weighted by Crippen LogP contribution is -2.28. The van der Waals surface area contributed by atoms with Gasteiger partial charge in [-0.25, -0.2) is 4.98 Å². The summed E-state index contributed by atoms with van der Waals surface area (Å²) < 4.78 is 8.85. The van der Waals surface area contributed by atoms with Crippen LogP contribution in [-0.2, 0) is 24.3 Å². The van der Waals surface area contributed by atoms with Gasteiger partial charge in [-0.2, -0.15) is 0 Å². The van der Waals surface area contributed by atoms with E-state index in [-0.39, 0.29) is 18.0 Å². The number of ether oxygens (including phenoxy) is 1. The highest BCUT2D eigenvalue weighted by molar-refractivity contribution is 6.31. The van der Waals surface area contributed by atoms with E-state index in [4.69, 9.17) is 21.3 Å². The zero-order chi connectivity index (χ0) is 21.4. The minimum absolute atomic E-state index is 0.0103. The summed E-state index contributed by atoms with van der Waals surface area (Å²) in [6.07, 6.45) is 3.92. The van der Waals surface area contributed by atoms with Crippen molar-refractivity contribution >= 4 is 34.2 Å². The molecule has 0 spiro atoms. The van der Waals surface area contributed by atoms with Gasteiger partial charge in [-0.05, 0) is 44.4 Å². The van der Waals surface area contributed by atoms with E-state index in [1.54, 1.807) is 21.3 Å². The molecule has 7 nitrogen and oxygen atoms in total. The quantitative estimate of drug-likeness (QED) is 0.684. The Kier molecular flexibility index (Phi) is 5.56. The van der Waals surface area contributed by atoms with Gasteiger partial charge in [-0.15, -0.1) is 0 Å². The van der Waals surface area contributed by atoms with Gasteiger partial charge in [-0.3, -0.25) is 14.2 Å². The molecule has 1 aliphatic heterocycles. The van der Waals surface area contributed by atoms with Crippen molar-refractivity contribution in [3.8, 4) is 5.75 Å². The highest BCUT2D eigenvalue weighted by Gasteiger charge is 2.20. The van der Waals surface area contributed by atoms with Crippen molar-refractivity contribution in [2.75, 3.05) is 12.4 Å². The summed E-state index contributed by atoms with van der Waals surface area (Å²) in [5, 5.41) is 3.45. The molecule has 0 bridgehead atoms. The first-order valence-corrected chi connectivity index (χ1v) is 10.5. The third-order valence-corrected chi connectivity index (χ3v) is 6.04. The molecule has 0 fully saturated rings. The third-order valence-electron chi connectivity index (χ3n) is 5.63. The number of hydrogen-bond donors (Lipinski definition) is 1. The topological polar surface area (TPSA) is 78.2 Å². The lowest BCUT2D eigenvalue weighted by molar-refractivity contribution is -0.116. The normalized spacial score (nSPS) is 13.7. The van der Waals surface area contributed by atoms with Crippen LogP contribution in [0.5, 0.6) is 5.75 Å². The molecule has 8 heteroatoms. The van der Waals surface area contributed by atoms with Crippen LogP contribution < -0.4 is 15.6 Å². The second-order valence-electron chi connectivity index (χ2n) is 7.75. The van der Waals surface area contributed by atoms with Crippen molar-refractivity contribution in [3.63, 3.8) is 0 Å². The molecule has 30 heavy (non-hydrogen) atoms. The Morgan fingerprint density at radius 1 is 1.23 bits per heavy atom. The number of aryl methyl sites for hydroxylation is 3. The lowest BCUT2D eigenvalue weighted by Gasteiger charge is -2.14. The molecule has 0 saturated carbocycles. The van der Waals surface area contributed by atoms with Crippen LogP contribution in [0.1, 0.15) is 36.3 Å². The number of nitrogens with zero attached hydrogens (tertiary/aromatic N) is 3. The van der Waals surface area contributed by atoms with E-state index in [1.165, 1.54) is 7.11 Å². The van der Waals surface area contributed by atoms with E-state index in [1.807, 2.05) is 19.9 Å². The number of fused-ring (bicyclic) bond motifs is 2. The van der Waals surface area contributed by atoms with E-state index in [2.05, 4.69) is 5.32 Å². The van der Waals surface area contributed by atoms with Crippen LogP contribution in [0, 0.1) is 13.8 Å². The Morgan fingerprint density at radius 3 is 2.80 bits per heavy atom. The predicted octanol–water partition coefficient (Wildman–Crippen LogP) is 3.84. The Labute approximate surface area is 179 Å².